The van der Waals surface area contributed by atoms with E-state index in [1.54, 1.807) is 45.0 Å². The molecule has 0 spiro atoms. The zero-order valence-corrected chi connectivity index (χ0v) is 24.5. The maximum atomic E-state index is 13.8. The maximum absolute atomic E-state index is 13.8. The predicted molar refractivity (Wildman–Crippen MR) is 157 cm³/mol. The van der Waals surface area contributed by atoms with E-state index in [2.05, 4.69) is 17.8 Å². The summed E-state index contributed by atoms with van der Waals surface area (Å²) >= 11 is 0. The van der Waals surface area contributed by atoms with Crippen LogP contribution >= 0.6 is 0 Å². The average Bonchev–Trinajstić information content (AvgIpc) is 2.96. The Hall–Kier alpha value is -4.15. The van der Waals surface area contributed by atoms with E-state index in [1.165, 1.54) is 16.8 Å². The number of esters is 1. The molecule has 1 aliphatic heterocycles. The fourth-order valence-corrected chi connectivity index (χ4v) is 4.52. The van der Waals surface area contributed by atoms with Gasteiger partial charge in [-0.15, -0.1) is 19.3 Å². The van der Waals surface area contributed by atoms with Gasteiger partial charge < -0.3 is 28.4 Å². The number of aromatic nitrogens is 2. The first-order valence-electron chi connectivity index (χ1n) is 13.6. The third kappa shape index (κ3) is 9.42. The summed E-state index contributed by atoms with van der Waals surface area (Å²) in [5.74, 6) is 6.63. The van der Waals surface area contributed by atoms with Crippen LogP contribution in [0.25, 0.3) is 0 Å². The van der Waals surface area contributed by atoms with Gasteiger partial charge in [0.25, 0.3) is 5.56 Å². The number of carbonyl (C=O) groups is 1. The number of hydrogen-bond donors (Lipinski definition) is 0. The molecule has 5 atom stereocenters. The minimum Gasteiger partial charge on any atom is -0.458 e. The molecule has 1 aromatic heterocycles. The Morgan fingerprint density at radius 1 is 0.907 bits per heavy atom. The molecule has 1 aromatic carbocycles. The number of ether oxygens (including phenoxy) is 6. The lowest BCUT2D eigenvalue weighted by Gasteiger charge is -2.45. The molecule has 0 amide bonds. The van der Waals surface area contributed by atoms with Crippen molar-refractivity contribution in [1.82, 2.24) is 9.13 Å². The summed E-state index contributed by atoms with van der Waals surface area (Å²) < 4.78 is 37.5. The van der Waals surface area contributed by atoms with E-state index in [4.69, 9.17) is 47.7 Å². The first-order chi connectivity index (χ1) is 20.6. The number of nitrogens with zero attached hydrogens (tertiary/aromatic N) is 2. The van der Waals surface area contributed by atoms with Crippen LogP contribution in [0.2, 0.25) is 0 Å². The molecular weight excluding hydrogens is 556 g/mol. The van der Waals surface area contributed by atoms with Gasteiger partial charge in [0.15, 0.2) is 6.23 Å². The van der Waals surface area contributed by atoms with Crippen LogP contribution in [0.15, 0.2) is 52.2 Å². The summed E-state index contributed by atoms with van der Waals surface area (Å²) in [6.45, 7) is 4.25. The molecule has 11 heteroatoms. The predicted octanol–water partition coefficient (Wildman–Crippen LogP) is 1.37. The molecule has 2 heterocycles. The minimum atomic E-state index is -1.17. The van der Waals surface area contributed by atoms with E-state index in [0.29, 0.717) is 0 Å². The van der Waals surface area contributed by atoms with Gasteiger partial charge in [-0.05, 0) is 26.3 Å². The quantitative estimate of drug-likeness (QED) is 0.251. The molecule has 0 N–H and O–H groups in total. The Morgan fingerprint density at radius 2 is 1.51 bits per heavy atom. The van der Waals surface area contributed by atoms with Crippen LogP contribution in [0.5, 0.6) is 0 Å². The van der Waals surface area contributed by atoms with Gasteiger partial charge in [0.2, 0.25) is 0 Å². The van der Waals surface area contributed by atoms with Gasteiger partial charge in [0, 0.05) is 12.3 Å². The first-order valence-corrected chi connectivity index (χ1v) is 13.6. The molecule has 1 fully saturated rings. The Bertz CT molecular complexity index is 1450. The SMILES string of the molecule is C#CCOC1[C@@H](OCC#C)[C@H](OCC#C)C(COCC(=O)OC(C)(C)C)O[C@H]1n1ccc(=O)n(Cc2ccccc2)c1=O. The van der Waals surface area contributed by atoms with E-state index < -0.39 is 53.5 Å². The van der Waals surface area contributed by atoms with E-state index in [-0.39, 0.29) is 39.6 Å². The summed E-state index contributed by atoms with van der Waals surface area (Å²) in [7, 11) is 0. The summed E-state index contributed by atoms with van der Waals surface area (Å²) in [5, 5.41) is 0. The lowest BCUT2D eigenvalue weighted by molar-refractivity contribution is -0.278. The molecule has 0 aliphatic carbocycles. The van der Waals surface area contributed by atoms with E-state index >= 15 is 0 Å². The van der Waals surface area contributed by atoms with Crippen LogP contribution in [0.4, 0.5) is 0 Å². The van der Waals surface area contributed by atoms with Crippen molar-refractivity contribution >= 4 is 5.97 Å². The van der Waals surface area contributed by atoms with Gasteiger partial charge in [0.05, 0.1) is 13.2 Å². The highest BCUT2D eigenvalue weighted by Crippen LogP contribution is 2.33. The van der Waals surface area contributed by atoms with Crippen molar-refractivity contribution in [2.75, 3.05) is 33.0 Å². The zero-order chi connectivity index (χ0) is 31.4. The molecule has 2 aromatic rings. The smallest absolute Gasteiger partial charge is 0.333 e. The number of carbonyl (C=O) groups excluding carboxylic acids is 1. The zero-order valence-electron chi connectivity index (χ0n) is 24.5. The van der Waals surface area contributed by atoms with Crippen LogP contribution < -0.4 is 11.2 Å². The van der Waals surface area contributed by atoms with Crippen molar-refractivity contribution in [2.45, 2.75) is 63.6 Å². The monoisotopic (exact) mass is 592 g/mol. The topological polar surface area (TPSA) is 116 Å². The van der Waals surface area contributed by atoms with Gasteiger partial charge in [-0.1, -0.05) is 48.1 Å². The lowest BCUT2D eigenvalue weighted by atomic mass is 9.97. The standard InChI is InChI=1S/C32H36N2O9/c1-7-17-39-27-24(21-38-22-26(36)43-32(4,5)6)42-30(29(41-19-9-3)28(27)40-18-8-2)33-16-15-25(35)34(31(33)37)20-23-13-11-10-12-14-23/h1-3,10-16,24,27-30H,17-22H2,4-6H3/t24?,27-,28+,29?,30-/m1/s1. The van der Waals surface area contributed by atoms with Gasteiger partial charge in [-0.3, -0.25) is 13.9 Å². The van der Waals surface area contributed by atoms with E-state index in [9.17, 15) is 14.4 Å². The van der Waals surface area contributed by atoms with Gasteiger partial charge in [0.1, 0.15) is 56.4 Å². The summed E-state index contributed by atoms with van der Waals surface area (Å²) in [5.41, 5.74) is -1.13. The normalized spacial score (nSPS) is 21.7. The Morgan fingerprint density at radius 3 is 2.12 bits per heavy atom. The van der Waals surface area contributed by atoms with Crippen molar-refractivity contribution in [1.29, 1.82) is 0 Å². The highest BCUT2D eigenvalue weighted by atomic mass is 16.6. The second-order valence-electron chi connectivity index (χ2n) is 10.5. The summed E-state index contributed by atoms with van der Waals surface area (Å²) in [4.78, 5) is 38.8. The van der Waals surface area contributed by atoms with Crippen molar-refractivity contribution in [3.05, 3.63) is 69.0 Å². The molecule has 2 unspecified atom stereocenters. The van der Waals surface area contributed by atoms with Crippen molar-refractivity contribution in [3.63, 3.8) is 0 Å². The fourth-order valence-electron chi connectivity index (χ4n) is 4.52. The minimum absolute atomic E-state index is 0.0231. The van der Waals surface area contributed by atoms with Crippen LogP contribution in [-0.2, 0) is 39.8 Å². The molecule has 1 saturated heterocycles. The van der Waals surface area contributed by atoms with E-state index in [0.717, 1.165) is 10.1 Å². The molecule has 43 heavy (non-hydrogen) atoms. The molecular formula is C32H36N2O9. The molecule has 0 bridgehead atoms. The van der Waals surface area contributed by atoms with Gasteiger partial charge in [-0.2, -0.15) is 0 Å². The second-order valence-corrected chi connectivity index (χ2v) is 10.5. The maximum Gasteiger partial charge on any atom is 0.333 e. The third-order valence-corrected chi connectivity index (χ3v) is 6.16. The number of rotatable bonds is 13. The molecule has 0 radical (unpaired) electrons. The molecule has 11 nitrogen and oxygen atoms in total. The lowest BCUT2D eigenvalue weighted by Crippen LogP contribution is -2.61. The average molecular weight is 593 g/mol. The molecule has 228 valence electrons. The van der Waals surface area contributed by atoms with Crippen molar-refractivity contribution in [3.8, 4) is 37.0 Å². The second kappa shape index (κ2) is 15.9. The number of benzene rings is 1. The van der Waals surface area contributed by atoms with Crippen molar-refractivity contribution in [2.24, 2.45) is 0 Å². The molecule has 0 saturated carbocycles. The molecule has 3 rings (SSSR count). The third-order valence-electron chi connectivity index (χ3n) is 6.16. The van der Waals surface area contributed by atoms with Gasteiger partial charge in [-0.25, -0.2) is 9.59 Å². The Balaban J connectivity index is 2.03. The summed E-state index contributed by atoms with van der Waals surface area (Å²) in [6.07, 6.45) is 12.8. The highest BCUT2D eigenvalue weighted by Gasteiger charge is 2.49. The van der Waals surface area contributed by atoms with Crippen LogP contribution in [0.3, 0.4) is 0 Å². The van der Waals surface area contributed by atoms with E-state index in [1.807, 2.05) is 6.07 Å². The van der Waals surface area contributed by atoms with Gasteiger partial charge >= 0.3 is 11.7 Å². The van der Waals surface area contributed by atoms with Crippen LogP contribution in [0.1, 0.15) is 32.6 Å². The highest BCUT2D eigenvalue weighted by molar-refractivity contribution is 5.71. The van der Waals surface area contributed by atoms with Crippen molar-refractivity contribution < 1.29 is 33.2 Å². The largest absolute Gasteiger partial charge is 0.458 e. The molecule has 1 aliphatic rings. The Labute approximate surface area is 251 Å². The number of hydrogen-bond acceptors (Lipinski definition) is 9. The Kier molecular flexibility index (Phi) is 12.3. The van der Waals surface area contributed by atoms with Crippen LogP contribution in [0, 0.1) is 37.0 Å². The first kappa shape index (κ1) is 33.4. The number of terminal acetylenes is 3. The fraction of sp³-hybridized carbons (Fsp3) is 0.469. The van der Waals surface area contributed by atoms with Crippen LogP contribution in [-0.4, -0.2) is 78.2 Å². The summed E-state index contributed by atoms with van der Waals surface area (Å²) in [6, 6.07) is 10.3.